The summed E-state index contributed by atoms with van der Waals surface area (Å²) in [7, 11) is 1.57. The van der Waals surface area contributed by atoms with E-state index < -0.39 is 11.9 Å². The summed E-state index contributed by atoms with van der Waals surface area (Å²) in [5.41, 5.74) is 0.131. The number of aryl methyl sites for hydroxylation is 1. The predicted molar refractivity (Wildman–Crippen MR) is 102 cm³/mol. The molecule has 1 amide bonds. The molecule has 0 aliphatic carbocycles. The van der Waals surface area contributed by atoms with Crippen molar-refractivity contribution in [1.82, 2.24) is 20.6 Å². The Morgan fingerprint density at radius 2 is 2.00 bits per heavy atom. The molecule has 2 rings (SSSR count). The molecule has 0 saturated carbocycles. The monoisotopic (exact) mass is 414 g/mol. The first-order chi connectivity index (χ1) is 13.3. The second-order valence-corrected chi connectivity index (χ2v) is 6.76. The molecule has 0 saturated heterocycles. The van der Waals surface area contributed by atoms with Crippen LogP contribution in [0.15, 0.2) is 28.7 Å². The van der Waals surface area contributed by atoms with Gasteiger partial charge < -0.3 is 16.0 Å². The van der Waals surface area contributed by atoms with Crippen molar-refractivity contribution in [3.8, 4) is 0 Å². The van der Waals surface area contributed by atoms with Crippen LogP contribution >= 0.6 is 11.3 Å². The number of hydrogen-bond acceptors (Lipinski definition) is 5. The van der Waals surface area contributed by atoms with Gasteiger partial charge in [-0.15, -0.1) is 11.3 Å². The highest BCUT2D eigenvalue weighted by Gasteiger charge is 2.33. The van der Waals surface area contributed by atoms with E-state index in [1.54, 1.807) is 19.3 Å². The minimum absolute atomic E-state index is 0.193. The van der Waals surface area contributed by atoms with Gasteiger partial charge >= 0.3 is 6.18 Å². The number of pyridine rings is 1. The highest BCUT2D eigenvalue weighted by molar-refractivity contribution is 7.09. The summed E-state index contributed by atoms with van der Waals surface area (Å²) in [5, 5.41) is 10.0. The van der Waals surface area contributed by atoms with Gasteiger partial charge in [0.05, 0.1) is 5.01 Å². The lowest BCUT2D eigenvalue weighted by molar-refractivity contribution is -0.140. The van der Waals surface area contributed by atoms with Crippen molar-refractivity contribution >= 4 is 29.0 Å². The molecule has 0 aliphatic heterocycles. The minimum Gasteiger partial charge on any atom is -0.356 e. The molecule has 0 aliphatic rings. The third-order valence-corrected chi connectivity index (χ3v) is 4.43. The largest absolute Gasteiger partial charge is 0.434 e. The van der Waals surface area contributed by atoms with Crippen LogP contribution in [0, 0.1) is 6.92 Å². The van der Waals surface area contributed by atoms with Crippen molar-refractivity contribution in [2.45, 2.75) is 25.9 Å². The van der Waals surface area contributed by atoms with E-state index in [2.05, 4.69) is 30.9 Å². The first-order valence-corrected chi connectivity index (χ1v) is 9.34. The second-order valence-electron chi connectivity index (χ2n) is 5.82. The summed E-state index contributed by atoms with van der Waals surface area (Å²) in [6.45, 7) is 2.61. The second kappa shape index (κ2) is 10.0. The Balaban J connectivity index is 1.67. The molecule has 11 heteroatoms. The summed E-state index contributed by atoms with van der Waals surface area (Å²) in [6.07, 6.45) is -2.22. The van der Waals surface area contributed by atoms with Crippen LogP contribution in [-0.2, 0) is 17.4 Å². The number of carbonyl (C=O) groups excluding carboxylic acids is 1. The topological polar surface area (TPSA) is 91.3 Å². The fourth-order valence-electron chi connectivity index (χ4n) is 2.11. The van der Waals surface area contributed by atoms with Crippen molar-refractivity contribution in [3.05, 3.63) is 40.0 Å². The van der Waals surface area contributed by atoms with Crippen molar-refractivity contribution in [2.24, 2.45) is 4.99 Å². The lowest BCUT2D eigenvalue weighted by Crippen LogP contribution is -2.39. The van der Waals surface area contributed by atoms with Gasteiger partial charge in [-0.3, -0.25) is 9.79 Å². The van der Waals surface area contributed by atoms with Gasteiger partial charge in [0, 0.05) is 44.6 Å². The molecule has 152 valence electrons. The van der Waals surface area contributed by atoms with Crippen molar-refractivity contribution in [3.63, 3.8) is 0 Å². The Bertz CT molecular complexity index is 804. The molecule has 0 fully saturated rings. The van der Waals surface area contributed by atoms with Crippen LogP contribution in [0.4, 0.5) is 19.0 Å². The number of hydrogen-bond donors (Lipinski definition) is 3. The zero-order valence-electron chi connectivity index (χ0n) is 15.4. The molecule has 0 atom stereocenters. The van der Waals surface area contributed by atoms with Crippen LogP contribution in [0.5, 0.6) is 0 Å². The molecular formula is C17H21F3N6OS. The van der Waals surface area contributed by atoms with E-state index in [1.165, 1.54) is 0 Å². The number of alkyl halides is 3. The van der Waals surface area contributed by atoms with Crippen LogP contribution in [0.1, 0.15) is 22.7 Å². The number of thiazole rings is 1. The zero-order chi connectivity index (χ0) is 20.6. The van der Waals surface area contributed by atoms with Crippen LogP contribution in [0.3, 0.4) is 0 Å². The quantitative estimate of drug-likeness (QED) is 0.479. The summed E-state index contributed by atoms with van der Waals surface area (Å²) >= 11 is 0.969. The fourth-order valence-corrected chi connectivity index (χ4v) is 2.91. The van der Waals surface area contributed by atoms with Gasteiger partial charge in [0.1, 0.15) is 5.82 Å². The van der Waals surface area contributed by atoms with Crippen LogP contribution in [-0.4, -0.2) is 42.0 Å². The van der Waals surface area contributed by atoms with Crippen LogP contribution in [0.2, 0.25) is 0 Å². The van der Waals surface area contributed by atoms with Gasteiger partial charge in [0.2, 0.25) is 5.91 Å². The first-order valence-electron chi connectivity index (χ1n) is 8.46. The molecule has 2 heterocycles. The van der Waals surface area contributed by atoms with Crippen LogP contribution < -0.4 is 16.0 Å². The summed E-state index contributed by atoms with van der Waals surface area (Å²) < 4.78 is 37.6. The van der Waals surface area contributed by atoms with E-state index >= 15 is 0 Å². The summed E-state index contributed by atoms with van der Waals surface area (Å²) in [6, 6.07) is 3.58. The number of nitrogens with one attached hydrogen (secondary N) is 3. The smallest absolute Gasteiger partial charge is 0.356 e. The minimum atomic E-state index is -4.42. The number of guanidine groups is 1. The van der Waals surface area contributed by atoms with Gasteiger partial charge in [0.25, 0.3) is 0 Å². The lowest BCUT2D eigenvalue weighted by Gasteiger charge is -2.11. The molecule has 0 bridgehead atoms. The van der Waals surface area contributed by atoms with Gasteiger partial charge in [-0.2, -0.15) is 13.2 Å². The molecular weight excluding hydrogens is 393 g/mol. The fraction of sp³-hybridized carbons (Fsp3) is 0.412. The number of amides is 1. The van der Waals surface area contributed by atoms with Crippen molar-refractivity contribution in [2.75, 3.05) is 25.5 Å². The molecule has 0 spiro atoms. The molecule has 3 N–H and O–H groups in total. The number of nitrogens with zero attached hydrogens (tertiary/aromatic N) is 3. The van der Waals surface area contributed by atoms with Gasteiger partial charge in [-0.1, -0.05) is 6.07 Å². The Labute approximate surface area is 164 Å². The third kappa shape index (κ3) is 7.14. The normalized spacial score (nSPS) is 12.0. The maximum Gasteiger partial charge on any atom is 0.434 e. The van der Waals surface area contributed by atoms with Crippen LogP contribution in [0.25, 0.3) is 0 Å². The predicted octanol–water partition coefficient (Wildman–Crippen LogP) is 2.60. The van der Waals surface area contributed by atoms with E-state index in [0.29, 0.717) is 36.3 Å². The molecule has 28 heavy (non-hydrogen) atoms. The number of anilines is 1. The molecule has 0 unspecified atom stereocenters. The van der Waals surface area contributed by atoms with Gasteiger partial charge in [-0.05, 0) is 18.6 Å². The lowest BCUT2D eigenvalue weighted by atomic mass is 10.3. The average molecular weight is 414 g/mol. The number of halogens is 3. The van der Waals surface area contributed by atoms with E-state index in [-0.39, 0.29) is 12.3 Å². The zero-order valence-corrected chi connectivity index (χ0v) is 16.2. The van der Waals surface area contributed by atoms with Crippen molar-refractivity contribution in [1.29, 1.82) is 0 Å². The van der Waals surface area contributed by atoms with E-state index in [4.69, 9.17) is 0 Å². The number of aliphatic imine (C=N–C) groups is 1. The standard InChI is InChI=1S/C17H21F3N6OS/c1-11-3-4-13(24-9-11)26-14(27)5-7-22-16(21-2)23-8-6-15-25-12(10-28-15)17(18,19)20/h3-4,9-10H,5-8H2,1-2H3,(H2,21,22,23)(H,24,26,27). The maximum absolute atomic E-state index is 12.5. The Morgan fingerprint density at radius 1 is 1.25 bits per heavy atom. The first kappa shape index (κ1) is 21.6. The van der Waals surface area contributed by atoms with Gasteiger partial charge in [-0.25, -0.2) is 9.97 Å². The number of carbonyl (C=O) groups is 1. The highest BCUT2D eigenvalue weighted by Crippen LogP contribution is 2.29. The van der Waals surface area contributed by atoms with E-state index in [1.807, 2.05) is 13.0 Å². The molecule has 0 aromatic carbocycles. The summed E-state index contributed by atoms with van der Waals surface area (Å²) in [5.74, 6) is 0.746. The van der Waals surface area contributed by atoms with Crippen molar-refractivity contribution < 1.29 is 18.0 Å². The highest BCUT2D eigenvalue weighted by atomic mass is 32.1. The third-order valence-electron chi connectivity index (χ3n) is 3.52. The summed E-state index contributed by atoms with van der Waals surface area (Å²) in [4.78, 5) is 23.6. The molecule has 7 nitrogen and oxygen atoms in total. The Hall–Kier alpha value is -2.69. The molecule has 2 aromatic heterocycles. The average Bonchev–Trinajstić information content (AvgIpc) is 3.12. The van der Waals surface area contributed by atoms with E-state index in [9.17, 15) is 18.0 Å². The Kier molecular flexibility index (Phi) is 7.73. The maximum atomic E-state index is 12.5. The molecule has 2 aromatic rings. The Morgan fingerprint density at radius 3 is 2.61 bits per heavy atom. The molecule has 0 radical (unpaired) electrons. The number of aromatic nitrogens is 2. The van der Waals surface area contributed by atoms with Gasteiger partial charge in [0.15, 0.2) is 11.7 Å². The number of rotatable bonds is 7. The SMILES string of the molecule is CN=C(NCCC(=O)Nc1ccc(C)cn1)NCCc1nc(C(F)(F)F)cs1. The van der Waals surface area contributed by atoms with E-state index in [0.717, 1.165) is 22.3 Å².